The number of aromatic nitrogens is 2. The summed E-state index contributed by atoms with van der Waals surface area (Å²) < 4.78 is 0.657. The van der Waals surface area contributed by atoms with Crippen LogP contribution in [0.15, 0.2) is 16.9 Å². The first-order chi connectivity index (χ1) is 10.1. The largest absolute Gasteiger partial charge is 0.394 e. The zero-order chi connectivity index (χ0) is 15.4. The number of halogens is 1. The first kappa shape index (κ1) is 15.2. The van der Waals surface area contributed by atoms with Crippen molar-refractivity contribution in [2.24, 2.45) is 0 Å². The van der Waals surface area contributed by atoms with E-state index in [0.717, 1.165) is 11.1 Å². The second kappa shape index (κ2) is 6.53. The molecule has 0 spiro atoms. The van der Waals surface area contributed by atoms with Gasteiger partial charge in [0.05, 0.1) is 35.1 Å². The van der Waals surface area contributed by atoms with Crippen molar-refractivity contribution in [1.82, 2.24) is 9.97 Å². The molecule has 6 heteroatoms. The number of pyridine rings is 2. The van der Waals surface area contributed by atoms with Crippen molar-refractivity contribution in [1.29, 1.82) is 5.26 Å². The molecular weight excluding hydrogens is 332 g/mol. The molecule has 0 saturated heterocycles. The molecule has 106 valence electrons. The Bertz CT molecular complexity index is 761. The number of hydrogen-bond donors (Lipinski definition) is 2. The standard InChI is InChI=1S/C15H13BrN4O/c1-3-4-11(8-21)20-15-10(6-17)7-18-14-9(2)19-13(16)5-12(14)15/h1,5,7,11,21H,4,8H2,2H3,(H,18,20). The Balaban J connectivity index is 2.64. The van der Waals surface area contributed by atoms with Gasteiger partial charge in [-0.3, -0.25) is 4.98 Å². The van der Waals surface area contributed by atoms with Gasteiger partial charge in [0.1, 0.15) is 10.7 Å². The van der Waals surface area contributed by atoms with Crippen molar-refractivity contribution in [2.45, 2.75) is 19.4 Å². The second-order valence-corrected chi connectivity index (χ2v) is 5.33. The summed E-state index contributed by atoms with van der Waals surface area (Å²) in [7, 11) is 0. The molecule has 2 N–H and O–H groups in total. The van der Waals surface area contributed by atoms with E-state index in [1.165, 1.54) is 6.20 Å². The molecule has 2 rings (SSSR count). The molecule has 21 heavy (non-hydrogen) atoms. The van der Waals surface area contributed by atoms with Crippen LogP contribution in [0.3, 0.4) is 0 Å². The van der Waals surface area contributed by atoms with Gasteiger partial charge in [0.25, 0.3) is 0 Å². The summed E-state index contributed by atoms with van der Waals surface area (Å²) in [4.78, 5) is 8.58. The van der Waals surface area contributed by atoms with Gasteiger partial charge in [-0.05, 0) is 28.9 Å². The van der Waals surface area contributed by atoms with E-state index in [4.69, 9.17) is 6.42 Å². The Morgan fingerprint density at radius 1 is 1.57 bits per heavy atom. The second-order valence-electron chi connectivity index (χ2n) is 4.52. The molecule has 0 aromatic carbocycles. The Hall–Kier alpha value is -2.15. The Morgan fingerprint density at radius 3 is 2.95 bits per heavy atom. The van der Waals surface area contributed by atoms with Crippen molar-refractivity contribution >= 4 is 32.5 Å². The number of terminal acetylenes is 1. The van der Waals surface area contributed by atoms with E-state index >= 15 is 0 Å². The average molecular weight is 345 g/mol. The molecule has 0 aliphatic heterocycles. The third-order valence-electron chi connectivity index (χ3n) is 3.05. The first-order valence-electron chi connectivity index (χ1n) is 6.27. The quantitative estimate of drug-likeness (QED) is 0.657. The number of anilines is 1. The van der Waals surface area contributed by atoms with E-state index < -0.39 is 0 Å². The number of aliphatic hydroxyl groups is 1. The fraction of sp³-hybridized carbons (Fsp3) is 0.267. The van der Waals surface area contributed by atoms with Crippen LogP contribution in [0.5, 0.6) is 0 Å². The first-order valence-corrected chi connectivity index (χ1v) is 7.06. The molecule has 2 heterocycles. The van der Waals surface area contributed by atoms with Crippen LogP contribution in [0, 0.1) is 30.6 Å². The molecule has 0 bridgehead atoms. The summed E-state index contributed by atoms with van der Waals surface area (Å²) >= 11 is 3.35. The molecule has 2 aromatic rings. The maximum Gasteiger partial charge on any atom is 0.107 e. The normalized spacial score (nSPS) is 11.7. The van der Waals surface area contributed by atoms with Crippen molar-refractivity contribution in [3.63, 3.8) is 0 Å². The SMILES string of the molecule is C#CCC(CO)Nc1c(C#N)cnc2c(C)nc(Br)cc12. The number of nitriles is 1. The van der Waals surface area contributed by atoms with Gasteiger partial charge in [-0.1, -0.05) is 0 Å². The van der Waals surface area contributed by atoms with E-state index in [0.29, 0.717) is 27.8 Å². The van der Waals surface area contributed by atoms with E-state index in [1.54, 1.807) is 6.07 Å². The van der Waals surface area contributed by atoms with Crippen LogP contribution in [-0.4, -0.2) is 27.7 Å². The smallest absolute Gasteiger partial charge is 0.107 e. The lowest BCUT2D eigenvalue weighted by atomic mass is 10.1. The number of nitrogens with zero attached hydrogens (tertiary/aromatic N) is 3. The Kier molecular flexibility index (Phi) is 4.74. The Morgan fingerprint density at radius 2 is 2.33 bits per heavy atom. The molecule has 0 aliphatic carbocycles. The minimum absolute atomic E-state index is 0.121. The summed E-state index contributed by atoms with van der Waals surface area (Å²) in [5.41, 5.74) is 2.47. The lowest BCUT2D eigenvalue weighted by molar-refractivity contribution is 0.276. The minimum atomic E-state index is -0.319. The van der Waals surface area contributed by atoms with Gasteiger partial charge in [-0.2, -0.15) is 5.26 Å². The number of nitrogens with one attached hydrogen (secondary N) is 1. The van der Waals surface area contributed by atoms with Gasteiger partial charge in [0.2, 0.25) is 0 Å². The zero-order valence-electron chi connectivity index (χ0n) is 11.4. The summed E-state index contributed by atoms with van der Waals surface area (Å²) in [6, 6.07) is 3.58. The van der Waals surface area contributed by atoms with Crippen LogP contribution < -0.4 is 5.32 Å². The van der Waals surface area contributed by atoms with Gasteiger partial charge >= 0.3 is 0 Å². The fourth-order valence-corrected chi connectivity index (χ4v) is 2.56. The monoisotopic (exact) mass is 344 g/mol. The molecule has 0 radical (unpaired) electrons. The van der Waals surface area contributed by atoms with E-state index in [-0.39, 0.29) is 12.6 Å². The highest BCUT2D eigenvalue weighted by molar-refractivity contribution is 9.10. The number of fused-ring (bicyclic) bond motifs is 1. The highest BCUT2D eigenvalue weighted by Gasteiger charge is 2.15. The topological polar surface area (TPSA) is 81.8 Å². The molecule has 0 aliphatic rings. The van der Waals surface area contributed by atoms with Crippen LogP contribution in [0.4, 0.5) is 5.69 Å². The average Bonchev–Trinajstić information content (AvgIpc) is 2.47. The summed E-state index contributed by atoms with van der Waals surface area (Å²) in [5, 5.41) is 22.6. The number of aliphatic hydroxyl groups excluding tert-OH is 1. The van der Waals surface area contributed by atoms with Crippen molar-refractivity contribution in [3.05, 3.63) is 28.1 Å². The van der Waals surface area contributed by atoms with Crippen LogP contribution in [0.25, 0.3) is 10.9 Å². The molecule has 0 amide bonds. The Labute approximate surface area is 131 Å². The zero-order valence-corrected chi connectivity index (χ0v) is 13.0. The van der Waals surface area contributed by atoms with Gasteiger partial charge in [0, 0.05) is 18.0 Å². The van der Waals surface area contributed by atoms with E-state index in [1.807, 2.05) is 6.92 Å². The van der Waals surface area contributed by atoms with Gasteiger partial charge in [-0.15, -0.1) is 12.3 Å². The van der Waals surface area contributed by atoms with E-state index in [9.17, 15) is 10.4 Å². The number of rotatable bonds is 4. The van der Waals surface area contributed by atoms with Crippen LogP contribution in [0.1, 0.15) is 17.7 Å². The summed E-state index contributed by atoms with van der Waals surface area (Å²) in [6.45, 7) is 1.73. The maximum absolute atomic E-state index is 9.39. The third kappa shape index (κ3) is 3.13. The lowest BCUT2D eigenvalue weighted by Crippen LogP contribution is -2.24. The predicted molar refractivity (Wildman–Crippen MR) is 84.6 cm³/mol. The molecular formula is C15H13BrN4O. The van der Waals surface area contributed by atoms with Crippen LogP contribution in [0.2, 0.25) is 0 Å². The molecule has 2 aromatic heterocycles. The molecule has 5 nitrogen and oxygen atoms in total. The van der Waals surface area contributed by atoms with E-state index in [2.05, 4.69) is 43.2 Å². The van der Waals surface area contributed by atoms with Crippen molar-refractivity contribution in [2.75, 3.05) is 11.9 Å². The van der Waals surface area contributed by atoms with Gasteiger partial charge in [0.15, 0.2) is 0 Å². The number of hydrogen-bond acceptors (Lipinski definition) is 5. The maximum atomic E-state index is 9.39. The lowest BCUT2D eigenvalue weighted by Gasteiger charge is -2.18. The fourth-order valence-electron chi connectivity index (χ4n) is 2.07. The molecule has 1 unspecified atom stereocenters. The molecule has 1 atom stereocenters. The van der Waals surface area contributed by atoms with Gasteiger partial charge < -0.3 is 10.4 Å². The minimum Gasteiger partial charge on any atom is -0.394 e. The summed E-state index contributed by atoms with van der Waals surface area (Å²) in [5.74, 6) is 2.50. The highest BCUT2D eigenvalue weighted by Crippen LogP contribution is 2.29. The van der Waals surface area contributed by atoms with Crippen LogP contribution >= 0.6 is 15.9 Å². The van der Waals surface area contributed by atoms with Crippen molar-refractivity contribution < 1.29 is 5.11 Å². The number of aryl methyl sites for hydroxylation is 1. The third-order valence-corrected chi connectivity index (χ3v) is 3.46. The van der Waals surface area contributed by atoms with Gasteiger partial charge in [-0.25, -0.2) is 4.98 Å². The molecule has 0 saturated carbocycles. The predicted octanol–water partition coefficient (Wildman–Crippen LogP) is 2.37. The summed E-state index contributed by atoms with van der Waals surface area (Å²) in [6.07, 6.45) is 7.15. The van der Waals surface area contributed by atoms with Crippen molar-refractivity contribution in [3.8, 4) is 18.4 Å². The highest BCUT2D eigenvalue weighted by atomic mass is 79.9. The van der Waals surface area contributed by atoms with Crippen LogP contribution in [-0.2, 0) is 0 Å². The molecule has 0 fully saturated rings.